The Labute approximate surface area is 140 Å². The first-order valence-corrected chi connectivity index (χ1v) is 7.01. The standard InChI is InChI=1S/C17H12F3NO4/c18-17(19,20)16(24)21-13-8-4-7-12(9-13)15(23)25-10-14(22)11-5-2-1-3-6-11/h1-9H,10H2,(H,21,24). The van der Waals surface area contributed by atoms with E-state index in [0.717, 1.165) is 6.07 Å². The molecule has 130 valence electrons. The first-order chi connectivity index (χ1) is 11.8. The Morgan fingerprint density at radius 2 is 1.56 bits per heavy atom. The van der Waals surface area contributed by atoms with Crippen molar-refractivity contribution in [3.05, 3.63) is 65.7 Å². The zero-order valence-corrected chi connectivity index (χ0v) is 12.7. The lowest BCUT2D eigenvalue weighted by molar-refractivity contribution is -0.167. The summed E-state index contributed by atoms with van der Waals surface area (Å²) >= 11 is 0. The fraction of sp³-hybridized carbons (Fsp3) is 0.118. The fourth-order valence-electron chi connectivity index (χ4n) is 1.85. The molecule has 0 aliphatic carbocycles. The number of esters is 1. The molecular weight excluding hydrogens is 339 g/mol. The lowest BCUT2D eigenvalue weighted by Gasteiger charge is -2.09. The van der Waals surface area contributed by atoms with E-state index in [1.807, 2.05) is 0 Å². The van der Waals surface area contributed by atoms with Crippen molar-refractivity contribution in [2.75, 3.05) is 11.9 Å². The smallest absolute Gasteiger partial charge is 0.454 e. The van der Waals surface area contributed by atoms with Crippen LogP contribution in [0.5, 0.6) is 0 Å². The molecule has 5 nitrogen and oxygen atoms in total. The molecular formula is C17H12F3NO4. The number of carbonyl (C=O) groups is 3. The average molecular weight is 351 g/mol. The largest absolute Gasteiger partial charge is 0.471 e. The van der Waals surface area contributed by atoms with Crippen molar-refractivity contribution in [2.45, 2.75) is 6.18 Å². The Bertz CT molecular complexity index is 788. The minimum absolute atomic E-state index is 0.0964. The monoisotopic (exact) mass is 351 g/mol. The normalized spacial score (nSPS) is 10.8. The Morgan fingerprint density at radius 3 is 2.20 bits per heavy atom. The predicted molar refractivity (Wildman–Crippen MR) is 82.2 cm³/mol. The maximum Gasteiger partial charge on any atom is 0.471 e. The molecule has 0 unspecified atom stereocenters. The summed E-state index contributed by atoms with van der Waals surface area (Å²) in [7, 11) is 0. The maximum atomic E-state index is 12.2. The highest BCUT2D eigenvalue weighted by molar-refractivity contribution is 6.00. The van der Waals surface area contributed by atoms with Crippen LogP contribution in [-0.4, -0.2) is 30.4 Å². The molecule has 25 heavy (non-hydrogen) atoms. The quantitative estimate of drug-likeness (QED) is 0.663. The highest BCUT2D eigenvalue weighted by Crippen LogP contribution is 2.19. The van der Waals surface area contributed by atoms with E-state index in [2.05, 4.69) is 0 Å². The van der Waals surface area contributed by atoms with Crippen LogP contribution < -0.4 is 5.32 Å². The molecule has 8 heteroatoms. The van der Waals surface area contributed by atoms with Gasteiger partial charge in [0.05, 0.1) is 5.56 Å². The number of carbonyl (C=O) groups excluding carboxylic acids is 3. The van der Waals surface area contributed by atoms with Crippen LogP contribution in [0.25, 0.3) is 0 Å². The molecule has 0 radical (unpaired) electrons. The third kappa shape index (κ3) is 5.17. The molecule has 1 amide bonds. The molecule has 0 fully saturated rings. The molecule has 0 atom stereocenters. The third-order valence-corrected chi connectivity index (χ3v) is 3.04. The number of ether oxygens (including phenoxy) is 1. The van der Waals surface area contributed by atoms with E-state index in [0.29, 0.717) is 5.56 Å². The summed E-state index contributed by atoms with van der Waals surface area (Å²) in [5.74, 6) is -3.47. The van der Waals surface area contributed by atoms with Crippen LogP contribution in [0.15, 0.2) is 54.6 Å². The molecule has 2 aromatic rings. The number of nitrogens with one attached hydrogen (secondary N) is 1. The van der Waals surface area contributed by atoms with Crippen molar-refractivity contribution in [1.82, 2.24) is 0 Å². The minimum Gasteiger partial charge on any atom is -0.454 e. The number of hydrogen-bond donors (Lipinski definition) is 1. The van der Waals surface area contributed by atoms with Gasteiger partial charge in [-0.15, -0.1) is 0 Å². The summed E-state index contributed by atoms with van der Waals surface area (Å²) in [4.78, 5) is 34.6. The van der Waals surface area contributed by atoms with Crippen molar-refractivity contribution < 1.29 is 32.3 Å². The minimum atomic E-state index is -5.04. The molecule has 0 aliphatic rings. The lowest BCUT2D eigenvalue weighted by Crippen LogP contribution is -2.30. The van der Waals surface area contributed by atoms with Gasteiger partial charge < -0.3 is 10.1 Å². The van der Waals surface area contributed by atoms with E-state index in [-0.39, 0.29) is 11.3 Å². The SMILES string of the molecule is O=C(COC(=O)c1cccc(NC(=O)C(F)(F)F)c1)c1ccccc1. The summed E-state index contributed by atoms with van der Waals surface area (Å²) in [6.45, 7) is -0.512. The van der Waals surface area contributed by atoms with Gasteiger partial charge in [-0.2, -0.15) is 13.2 Å². The van der Waals surface area contributed by atoms with Crippen LogP contribution in [0.3, 0.4) is 0 Å². The number of benzene rings is 2. The van der Waals surface area contributed by atoms with E-state index in [9.17, 15) is 27.6 Å². The number of anilines is 1. The summed E-state index contributed by atoms with van der Waals surface area (Å²) in [6.07, 6.45) is -5.04. The van der Waals surface area contributed by atoms with Gasteiger partial charge in [0.1, 0.15) is 0 Å². The highest BCUT2D eigenvalue weighted by atomic mass is 19.4. The van der Waals surface area contributed by atoms with Crippen molar-refractivity contribution >= 4 is 23.3 Å². The number of rotatable bonds is 5. The Kier molecular flexibility index (Phi) is 5.53. The van der Waals surface area contributed by atoms with E-state index in [1.165, 1.54) is 18.2 Å². The zero-order chi connectivity index (χ0) is 18.4. The van der Waals surface area contributed by atoms with Gasteiger partial charge in [0, 0.05) is 11.3 Å². The number of hydrogen-bond acceptors (Lipinski definition) is 4. The maximum absolute atomic E-state index is 12.2. The second-order valence-electron chi connectivity index (χ2n) is 4.90. The molecule has 0 aliphatic heterocycles. The van der Waals surface area contributed by atoms with E-state index in [4.69, 9.17) is 4.74 Å². The van der Waals surface area contributed by atoms with Crippen LogP contribution in [0.2, 0.25) is 0 Å². The van der Waals surface area contributed by atoms with Gasteiger partial charge in [0.25, 0.3) is 0 Å². The summed E-state index contributed by atoms with van der Waals surface area (Å²) in [5, 5.41) is 1.63. The number of Topliss-reactive ketones (excluding diaryl/α,β-unsaturated/α-hetero) is 1. The molecule has 2 rings (SSSR count). The van der Waals surface area contributed by atoms with Crippen molar-refractivity contribution in [2.24, 2.45) is 0 Å². The molecule has 0 heterocycles. The average Bonchev–Trinajstić information content (AvgIpc) is 2.59. The van der Waals surface area contributed by atoms with Gasteiger partial charge in [-0.1, -0.05) is 36.4 Å². The zero-order valence-electron chi connectivity index (χ0n) is 12.7. The summed E-state index contributed by atoms with van der Waals surface area (Å²) < 4.78 is 41.5. The Morgan fingerprint density at radius 1 is 0.920 bits per heavy atom. The molecule has 1 N–H and O–H groups in total. The van der Waals surface area contributed by atoms with Crippen LogP contribution >= 0.6 is 0 Å². The van der Waals surface area contributed by atoms with Crippen LogP contribution in [0.1, 0.15) is 20.7 Å². The number of ketones is 1. The van der Waals surface area contributed by atoms with Gasteiger partial charge in [-0.3, -0.25) is 9.59 Å². The highest BCUT2D eigenvalue weighted by Gasteiger charge is 2.38. The second-order valence-corrected chi connectivity index (χ2v) is 4.90. The van der Waals surface area contributed by atoms with Crippen LogP contribution in [0.4, 0.5) is 18.9 Å². The van der Waals surface area contributed by atoms with Crippen LogP contribution in [-0.2, 0) is 9.53 Å². The number of alkyl halides is 3. The van der Waals surface area contributed by atoms with E-state index < -0.39 is 30.4 Å². The number of halogens is 3. The lowest BCUT2D eigenvalue weighted by atomic mass is 10.1. The second kappa shape index (κ2) is 7.61. The molecule has 0 saturated heterocycles. The molecule has 2 aromatic carbocycles. The van der Waals surface area contributed by atoms with Crippen molar-refractivity contribution in [3.8, 4) is 0 Å². The van der Waals surface area contributed by atoms with E-state index >= 15 is 0 Å². The first kappa shape index (κ1) is 18.2. The van der Waals surface area contributed by atoms with Crippen molar-refractivity contribution in [1.29, 1.82) is 0 Å². The topological polar surface area (TPSA) is 72.5 Å². The summed E-state index contributed by atoms with van der Waals surface area (Å²) in [5.41, 5.74) is 0.0495. The molecule has 0 saturated carbocycles. The van der Waals surface area contributed by atoms with Crippen molar-refractivity contribution in [3.63, 3.8) is 0 Å². The van der Waals surface area contributed by atoms with Gasteiger partial charge in [0.15, 0.2) is 12.4 Å². The Balaban J connectivity index is 1.99. The first-order valence-electron chi connectivity index (χ1n) is 7.01. The van der Waals surface area contributed by atoms with E-state index in [1.54, 1.807) is 35.6 Å². The van der Waals surface area contributed by atoms with Crippen LogP contribution in [0, 0.1) is 0 Å². The predicted octanol–water partition coefficient (Wildman–Crippen LogP) is 3.23. The van der Waals surface area contributed by atoms with Gasteiger partial charge >= 0.3 is 18.1 Å². The third-order valence-electron chi connectivity index (χ3n) is 3.04. The van der Waals surface area contributed by atoms with Gasteiger partial charge in [0.2, 0.25) is 0 Å². The summed E-state index contributed by atoms with van der Waals surface area (Å²) in [6, 6.07) is 12.9. The Hall–Kier alpha value is -3.16. The number of amides is 1. The molecule has 0 bridgehead atoms. The van der Waals surface area contributed by atoms with Gasteiger partial charge in [-0.05, 0) is 18.2 Å². The fourth-order valence-corrected chi connectivity index (χ4v) is 1.85. The molecule has 0 aromatic heterocycles. The van der Waals surface area contributed by atoms with Gasteiger partial charge in [-0.25, -0.2) is 4.79 Å². The molecule has 0 spiro atoms.